The summed E-state index contributed by atoms with van der Waals surface area (Å²) in [4.78, 5) is 14.3. The van der Waals surface area contributed by atoms with Crippen molar-refractivity contribution in [3.05, 3.63) is 17.4 Å². The van der Waals surface area contributed by atoms with Gasteiger partial charge >= 0.3 is 6.09 Å². The van der Waals surface area contributed by atoms with Crippen LogP contribution < -0.4 is 0 Å². The smallest absolute Gasteiger partial charge is 0.410 e. The third kappa shape index (κ3) is 6.27. The summed E-state index contributed by atoms with van der Waals surface area (Å²) in [5.41, 5.74) is 4.31. The van der Waals surface area contributed by atoms with Crippen LogP contribution in [0, 0.1) is 5.92 Å². The molecule has 0 spiro atoms. The lowest BCUT2D eigenvalue weighted by molar-refractivity contribution is 0.0247. The van der Waals surface area contributed by atoms with Crippen LogP contribution in [-0.4, -0.2) is 29.2 Å². The Morgan fingerprint density at radius 2 is 2.09 bits per heavy atom. The zero-order valence-corrected chi connectivity index (χ0v) is 15.2. The lowest BCUT2D eigenvalue weighted by Crippen LogP contribution is -2.40. The van der Waals surface area contributed by atoms with Gasteiger partial charge in [-0.3, -0.25) is 0 Å². The molecule has 3 heteroatoms. The van der Waals surface area contributed by atoms with E-state index in [1.807, 2.05) is 25.7 Å². The second-order valence-electron chi connectivity index (χ2n) is 7.52. The molecule has 0 aromatic rings. The second kappa shape index (κ2) is 8.43. The minimum Gasteiger partial charge on any atom is -0.444 e. The first-order chi connectivity index (χ1) is 10.2. The summed E-state index contributed by atoms with van der Waals surface area (Å²) >= 11 is 0. The molecule has 1 aliphatic heterocycles. The summed E-state index contributed by atoms with van der Waals surface area (Å²) in [5.74, 6) is 0.480. The Balaban J connectivity index is 2.92. The monoisotopic (exact) mass is 307 g/mol. The van der Waals surface area contributed by atoms with E-state index in [1.165, 1.54) is 5.57 Å². The quantitative estimate of drug-likeness (QED) is 0.644. The van der Waals surface area contributed by atoms with Crippen LogP contribution >= 0.6 is 0 Å². The Hall–Kier alpha value is -1.21. The highest BCUT2D eigenvalue weighted by atomic mass is 16.6. The van der Waals surface area contributed by atoms with E-state index >= 15 is 0 Å². The number of ether oxygens (including phenoxy) is 1. The van der Waals surface area contributed by atoms with E-state index < -0.39 is 5.60 Å². The van der Waals surface area contributed by atoms with Crippen LogP contribution in [0.2, 0.25) is 0 Å². The number of likely N-dealkylation sites (tertiary alicyclic amines) is 1. The molecule has 3 nitrogen and oxygen atoms in total. The number of hydrogen-bond acceptors (Lipinski definition) is 2. The van der Waals surface area contributed by atoms with Gasteiger partial charge in [0.25, 0.3) is 0 Å². The molecule has 22 heavy (non-hydrogen) atoms. The highest BCUT2D eigenvalue weighted by molar-refractivity contribution is 5.69. The zero-order chi connectivity index (χ0) is 16.8. The minimum atomic E-state index is -0.439. The average molecular weight is 307 g/mol. The molecule has 1 atom stereocenters. The fourth-order valence-corrected chi connectivity index (χ4v) is 2.64. The SMILES string of the molecule is CCCCC(=C=CC(C)C)C1CCCN1C(=O)OC(C)(C)C. The summed E-state index contributed by atoms with van der Waals surface area (Å²) in [7, 11) is 0. The van der Waals surface area contributed by atoms with Crippen LogP contribution in [0.5, 0.6) is 0 Å². The molecular weight excluding hydrogens is 274 g/mol. The standard InChI is InChI=1S/C19H33NO2/c1-7-8-10-16(13-12-15(2)3)17-11-9-14-20(17)18(21)22-19(4,5)6/h12,15,17H,7-11,14H2,1-6H3. The van der Waals surface area contributed by atoms with E-state index in [9.17, 15) is 4.79 Å². The number of carbonyl (C=O) groups excluding carboxylic acids is 1. The van der Waals surface area contributed by atoms with Gasteiger partial charge in [0, 0.05) is 6.54 Å². The maximum Gasteiger partial charge on any atom is 0.410 e. The first kappa shape index (κ1) is 18.8. The van der Waals surface area contributed by atoms with Crippen molar-refractivity contribution in [3.63, 3.8) is 0 Å². The summed E-state index contributed by atoms with van der Waals surface area (Å²) in [6.45, 7) is 13.1. The Bertz CT molecular complexity index is 425. The molecule has 1 amide bonds. The first-order valence-electron chi connectivity index (χ1n) is 8.69. The van der Waals surface area contributed by atoms with Gasteiger partial charge in [-0.15, -0.1) is 5.73 Å². The average Bonchev–Trinajstić information content (AvgIpc) is 2.86. The third-order valence-corrected chi connectivity index (χ3v) is 3.68. The lowest BCUT2D eigenvalue weighted by Gasteiger charge is -2.29. The van der Waals surface area contributed by atoms with Gasteiger partial charge in [-0.25, -0.2) is 4.79 Å². The summed E-state index contributed by atoms with van der Waals surface area (Å²) in [5, 5.41) is 0. The van der Waals surface area contributed by atoms with Gasteiger partial charge in [0.15, 0.2) is 0 Å². The molecule has 0 saturated carbocycles. The van der Waals surface area contributed by atoms with Gasteiger partial charge in [-0.1, -0.05) is 27.2 Å². The Morgan fingerprint density at radius 1 is 1.41 bits per heavy atom. The number of unbranched alkanes of at least 4 members (excludes halogenated alkanes) is 1. The molecule has 1 rings (SSSR count). The van der Waals surface area contributed by atoms with Crippen molar-refractivity contribution in [2.24, 2.45) is 5.92 Å². The van der Waals surface area contributed by atoms with E-state index in [4.69, 9.17) is 4.74 Å². The van der Waals surface area contributed by atoms with E-state index in [1.54, 1.807) is 0 Å². The topological polar surface area (TPSA) is 29.5 Å². The number of hydrogen-bond donors (Lipinski definition) is 0. The van der Waals surface area contributed by atoms with Gasteiger partial charge in [-0.2, -0.15) is 0 Å². The van der Waals surface area contributed by atoms with Crippen molar-refractivity contribution in [3.8, 4) is 0 Å². The first-order valence-corrected chi connectivity index (χ1v) is 8.69. The molecule has 0 bridgehead atoms. The maximum absolute atomic E-state index is 12.4. The van der Waals surface area contributed by atoms with E-state index in [-0.39, 0.29) is 12.1 Å². The van der Waals surface area contributed by atoms with Crippen LogP contribution in [-0.2, 0) is 4.74 Å². The molecule has 0 aliphatic carbocycles. The second-order valence-corrected chi connectivity index (χ2v) is 7.52. The van der Waals surface area contributed by atoms with Gasteiger partial charge in [0.2, 0.25) is 0 Å². The predicted molar refractivity (Wildman–Crippen MR) is 91.9 cm³/mol. The van der Waals surface area contributed by atoms with Crippen molar-refractivity contribution in [2.75, 3.05) is 6.54 Å². The van der Waals surface area contributed by atoms with Crippen molar-refractivity contribution in [2.45, 2.75) is 85.3 Å². The Labute approximate surface area is 136 Å². The molecule has 1 heterocycles. The Kier molecular flexibility index (Phi) is 7.22. The van der Waals surface area contributed by atoms with Gasteiger partial charge in [0.1, 0.15) is 5.60 Å². The Morgan fingerprint density at radius 3 is 2.64 bits per heavy atom. The molecule has 1 saturated heterocycles. The van der Waals surface area contributed by atoms with Crippen LogP contribution in [0.25, 0.3) is 0 Å². The lowest BCUT2D eigenvalue weighted by atomic mass is 9.99. The number of rotatable bonds is 5. The maximum atomic E-state index is 12.4. The zero-order valence-electron chi connectivity index (χ0n) is 15.2. The molecule has 0 aromatic heterocycles. The van der Waals surface area contributed by atoms with Gasteiger partial charge < -0.3 is 9.64 Å². The van der Waals surface area contributed by atoms with Crippen LogP contribution in [0.15, 0.2) is 17.4 Å². The molecule has 1 fully saturated rings. The third-order valence-electron chi connectivity index (χ3n) is 3.68. The summed E-state index contributed by atoms with van der Waals surface area (Å²) in [6.07, 6.45) is 7.33. The molecular formula is C19H33NO2. The van der Waals surface area contributed by atoms with Gasteiger partial charge in [-0.05, 0) is 64.0 Å². The van der Waals surface area contributed by atoms with Gasteiger partial charge in [0.05, 0.1) is 6.04 Å². The molecule has 0 aromatic carbocycles. The summed E-state index contributed by atoms with van der Waals surface area (Å²) < 4.78 is 5.57. The molecule has 0 N–H and O–H groups in total. The highest BCUT2D eigenvalue weighted by Gasteiger charge is 2.33. The number of carbonyl (C=O) groups is 1. The highest BCUT2D eigenvalue weighted by Crippen LogP contribution is 2.28. The van der Waals surface area contributed by atoms with Crippen molar-refractivity contribution >= 4 is 6.09 Å². The van der Waals surface area contributed by atoms with Crippen molar-refractivity contribution in [1.82, 2.24) is 4.90 Å². The molecule has 126 valence electrons. The van der Waals surface area contributed by atoms with Crippen molar-refractivity contribution < 1.29 is 9.53 Å². The molecule has 1 aliphatic rings. The normalized spacial score (nSPS) is 18.3. The fraction of sp³-hybridized carbons (Fsp3) is 0.789. The van der Waals surface area contributed by atoms with Crippen LogP contribution in [0.4, 0.5) is 4.79 Å². The molecule has 0 radical (unpaired) electrons. The molecule has 1 unspecified atom stereocenters. The van der Waals surface area contributed by atoms with Crippen LogP contribution in [0.1, 0.15) is 73.6 Å². The summed E-state index contributed by atoms with van der Waals surface area (Å²) in [6, 6.07) is 0.163. The van der Waals surface area contributed by atoms with E-state index in [0.29, 0.717) is 5.92 Å². The fourth-order valence-electron chi connectivity index (χ4n) is 2.64. The van der Waals surface area contributed by atoms with Crippen LogP contribution in [0.3, 0.4) is 0 Å². The number of amides is 1. The number of nitrogens with zero attached hydrogens (tertiary/aromatic N) is 1. The van der Waals surface area contributed by atoms with E-state index in [2.05, 4.69) is 32.6 Å². The minimum absolute atomic E-state index is 0.163. The predicted octanol–water partition coefficient (Wildman–Crippen LogP) is 5.31. The largest absolute Gasteiger partial charge is 0.444 e. The van der Waals surface area contributed by atoms with E-state index in [0.717, 1.165) is 38.6 Å². The van der Waals surface area contributed by atoms with Crippen molar-refractivity contribution in [1.29, 1.82) is 0 Å².